The van der Waals surface area contributed by atoms with Gasteiger partial charge in [-0.05, 0) is 81.4 Å². The first-order valence-electron chi connectivity index (χ1n) is 20.1. The quantitative estimate of drug-likeness (QED) is 0.169. The third-order valence-corrected chi connectivity index (χ3v) is 11.9. The maximum atomic E-state index is 6.90. The van der Waals surface area contributed by atoms with Gasteiger partial charge in [0.2, 0.25) is 0 Å². The molecule has 12 rings (SSSR count). The fourth-order valence-electron chi connectivity index (χ4n) is 9.02. The van der Waals surface area contributed by atoms with Crippen LogP contribution in [0.1, 0.15) is 0 Å². The zero-order valence-electron chi connectivity index (χ0n) is 32.0. The van der Waals surface area contributed by atoms with E-state index in [1.165, 1.54) is 21.7 Å². The van der Waals surface area contributed by atoms with Crippen LogP contribution in [0.3, 0.4) is 0 Å². The molecule has 2 heterocycles. The molecule has 0 N–H and O–H groups in total. The van der Waals surface area contributed by atoms with Crippen molar-refractivity contribution in [2.45, 2.75) is 0 Å². The molecule has 0 aliphatic carbocycles. The lowest BCUT2D eigenvalue weighted by Crippen LogP contribution is -2.11. The van der Waals surface area contributed by atoms with Gasteiger partial charge in [0, 0.05) is 55.0 Å². The van der Waals surface area contributed by atoms with Crippen molar-refractivity contribution in [1.29, 1.82) is 0 Å². The van der Waals surface area contributed by atoms with Crippen LogP contribution in [0.5, 0.6) is 0 Å². The Morgan fingerprint density at radius 2 is 0.881 bits per heavy atom. The largest absolute Gasteiger partial charge is 0.455 e. The van der Waals surface area contributed by atoms with Crippen molar-refractivity contribution in [3.63, 3.8) is 0 Å². The SMILES string of the molecule is c1cc(-c2ccc3ccccc3c2)cc(N(c2ccc(-c3cccc4c3oc3ccccc34)cc2)c2ccccc2-c2cccc3c2oc2c4ccccc4ccc32)c1. The summed E-state index contributed by atoms with van der Waals surface area (Å²) in [7, 11) is 0. The van der Waals surface area contributed by atoms with Gasteiger partial charge in [0.25, 0.3) is 0 Å². The van der Waals surface area contributed by atoms with Gasteiger partial charge in [0.1, 0.15) is 22.3 Å². The second kappa shape index (κ2) is 13.4. The average molecular weight is 754 g/mol. The molecular formula is C56H35NO2. The van der Waals surface area contributed by atoms with Gasteiger partial charge in [0.05, 0.1) is 5.69 Å². The van der Waals surface area contributed by atoms with Crippen LogP contribution in [0.4, 0.5) is 17.1 Å². The number of para-hydroxylation sites is 4. The molecular weight excluding hydrogens is 719 g/mol. The van der Waals surface area contributed by atoms with Gasteiger partial charge >= 0.3 is 0 Å². The second-order valence-electron chi connectivity index (χ2n) is 15.2. The summed E-state index contributed by atoms with van der Waals surface area (Å²) in [5, 5.41) is 9.21. The van der Waals surface area contributed by atoms with Gasteiger partial charge in [-0.15, -0.1) is 0 Å². The Kier molecular flexibility index (Phi) is 7.54. The predicted octanol–water partition coefficient (Wildman–Crippen LogP) is 16.3. The highest BCUT2D eigenvalue weighted by Crippen LogP contribution is 2.46. The third-order valence-electron chi connectivity index (χ3n) is 11.9. The van der Waals surface area contributed by atoms with E-state index in [-0.39, 0.29) is 0 Å². The molecule has 0 amide bonds. The zero-order chi connectivity index (χ0) is 38.9. The number of benzene rings is 10. The predicted molar refractivity (Wildman–Crippen MR) is 247 cm³/mol. The van der Waals surface area contributed by atoms with E-state index in [9.17, 15) is 0 Å². The summed E-state index contributed by atoms with van der Waals surface area (Å²) in [6.45, 7) is 0. The van der Waals surface area contributed by atoms with E-state index in [0.717, 1.165) is 94.1 Å². The maximum absolute atomic E-state index is 6.90. The summed E-state index contributed by atoms with van der Waals surface area (Å²) in [6.07, 6.45) is 0. The minimum atomic E-state index is 0.880. The Bertz CT molecular complexity index is 3570. The van der Waals surface area contributed by atoms with Crippen molar-refractivity contribution >= 4 is 82.5 Å². The minimum Gasteiger partial charge on any atom is -0.455 e. The van der Waals surface area contributed by atoms with Crippen LogP contribution in [0, 0.1) is 0 Å². The molecule has 0 aliphatic heterocycles. The van der Waals surface area contributed by atoms with Gasteiger partial charge in [-0.1, -0.05) is 164 Å². The topological polar surface area (TPSA) is 29.5 Å². The van der Waals surface area contributed by atoms with E-state index in [4.69, 9.17) is 8.83 Å². The lowest BCUT2D eigenvalue weighted by atomic mass is 9.97. The Morgan fingerprint density at radius 3 is 1.76 bits per heavy atom. The number of hydrogen-bond donors (Lipinski definition) is 0. The van der Waals surface area contributed by atoms with Crippen molar-refractivity contribution in [3.05, 3.63) is 212 Å². The molecule has 0 fully saturated rings. The molecule has 12 aromatic rings. The van der Waals surface area contributed by atoms with E-state index in [1.54, 1.807) is 0 Å². The summed E-state index contributed by atoms with van der Waals surface area (Å²) >= 11 is 0. The first-order valence-corrected chi connectivity index (χ1v) is 20.1. The van der Waals surface area contributed by atoms with Crippen molar-refractivity contribution < 1.29 is 8.83 Å². The Labute approximate surface area is 340 Å². The molecule has 3 heteroatoms. The molecule has 2 aromatic heterocycles. The fraction of sp³-hybridized carbons (Fsp3) is 0. The number of nitrogens with zero attached hydrogens (tertiary/aromatic N) is 1. The van der Waals surface area contributed by atoms with Crippen LogP contribution < -0.4 is 4.90 Å². The van der Waals surface area contributed by atoms with Crippen molar-refractivity contribution in [1.82, 2.24) is 0 Å². The van der Waals surface area contributed by atoms with E-state index < -0.39 is 0 Å². The van der Waals surface area contributed by atoms with Crippen LogP contribution in [0.15, 0.2) is 221 Å². The van der Waals surface area contributed by atoms with Crippen LogP contribution in [0.25, 0.3) is 98.8 Å². The van der Waals surface area contributed by atoms with E-state index in [2.05, 4.69) is 205 Å². The van der Waals surface area contributed by atoms with Crippen molar-refractivity contribution in [3.8, 4) is 33.4 Å². The van der Waals surface area contributed by atoms with Gasteiger partial charge in [-0.3, -0.25) is 0 Å². The smallest absolute Gasteiger partial charge is 0.143 e. The summed E-state index contributed by atoms with van der Waals surface area (Å²) in [6, 6.07) is 75.7. The molecule has 0 saturated carbocycles. The lowest BCUT2D eigenvalue weighted by Gasteiger charge is -2.28. The van der Waals surface area contributed by atoms with E-state index >= 15 is 0 Å². The Hall–Kier alpha value is -7.88. The number of anilines is 3. The lowest BCUT2D eigenvalue weighted by molar-refractivity contribution is 0.670. The Morgan fingerprint density at radius 1 is 0.288 bits per heavy atom. The van der Waals surface area contributed by atoms with Gasteiger partial charge < -0.3 is 13.7 Å². The Balaban J connectivity index is 1.05. The number of furan rings is 2. The average Bonchev–Trinajstić information content (AvgIpc) is 3.89. The molecule has 10 aromatic carbocycles. The number of fused-ring (bicyclic) bond motifs is 9. The molecule has 276 valence electrons. The van der Waals surface area contributed by atoms with Gasteiger partial charge in [-0.2, -0.15) is 0 Å². The zero-order valence-corrected chi connectivity index (χ0v) is 32.0. The highest BCUT2D eigenvalue weighted by Gasteiger charge is 2.22. The third kappa shape index (κ3) is 5.44. The fourth-order valence-corrected chi connectivity index (χ4v) is 9.02. The van der Waals surface area contributed by atoms with Crippen LogP contribution in [0.2, 0.25) is 0 Å². The summed E-state index contributed by atoms with van der Waals surface area (Å²) in [4.78, 5) is 2.38. The normalized spacial score (nSPS) is 11.7. The molecule has 0 aliphatic rings. The summed E-state index contributed by atoms with van der Waals surface area (Å²) < 4.78 is 13.4. The minimum absolute atomic E-state index is 0.880. The van der Waals surface area contributed by atoms with Gasteiger partial charge in [0.15, 0.2) is 0 Å². The standard InChI is InChI=1S/C56H35NO2/c1-2-14-39-34-41(27-26-36(39)12-1)40-15-9-16-43(35-40)57(42-31-28-38(29-32-42)45-20-10-22-49-47-19-6-8-25-53(47)58-54(45)49)52-24-7-5-18-46(52)48-21-11-23-50-51-33-30-37-13-3-4-17-44(37)55(51)59-56(48)50/h1-35H. The molecule has 0 atom stereocenters. The molecule has 0 unspecified atom stereocenters. The molecule has 0 radical (unpaired) electrons. The van der Waals surface area contributed by atoms with Gasteiger partial charge in [-0.25, -0.2) is 0 Å². The van der Waals surface area contributed by atoms with E-state index in [1.807, 2.05) is 12.1 Å². The molecule has 0 spiro atoms. The first-order chi connectivity index (χ1) is 29.2. The molecule has 59 heavy (non-hydrogen) atoms. The van der Waals surface area contributed by atoms with Crippen molar-refractivity contribution in [2.24, 2.45) is 0 Å². The number of hydrogen-bond acceptors (Lipinski definition) is 3. The monoisotopic (exact) mass is 753 g/mol. The molecule has 3 nitrogen and oxygen atoms in total. The first kappa shape index (κ1) is 33.3. The highest BCUT2D eigenvalue weighted by molar-refractivity contribution is 6.18. The summed E-state index contributed by atoms with van der Waals surface area (Å²) in [5.41, 5.74) is 13.3. The maximum Gasteiger partial charge on any atom is 0.143 e. The van der Waals surface area contributed by atoms with Crippen molar-refractivity contribution in [2.75, 3.05) is 4.90 Å². The van der Waals surface area contributed by atoms with Crippen LogP contribution >= 0.6 is 0 Å². The van der Waals surface area contributed by atoms with Crippen LogP contribution in [-0.4, -0.2) is 0 Å². The second-order valence-corrected chi connectivity index (χ2v) is 15.2. The van der Waals surface area contributed by atoms with E-state index in [0.29, 0.717) is 0 Å². The summed E-state index contributed by atoms with van der Waals surface area (Å²) in [5.74, 6) is 0. The number of rotatable bonds is 6. The molecule has 0 bridgehead atoms. The molecule has 0 saturated heterocycles. The highest BCUT2D eigenvalue weighted by atomic mass is 16.3. The van der Waals surface area contributed by atoms with Crippen LogP contribution in [-0.2, 0) is 0 Å².